The largest absolute Gasteiger partial charge is 0.270 e. The van der Waals surface area contributed by atoms with E-state index in [4.69, 9.17) is 0 Å². The molecule has 0 bridgehead atoms. The van der Waals surface area contributed by atoms with E-state index in [0.29, 0.717) is 6.04 Å². The molecule has 0 radical (unpaired) electrons. The molecule has 0 aliphatic carbocycles. The Balaban J connectivity index is 2.59. The summed E-state index contributed by atoms with van der Waals surface area (Å²) in [7, 11) is 0. The minimum Gasteiger partial charge on any atom is -0.270 e. The van der Waals surface area contributed by atoms with E-state index in [1.165, 1.54) is 5.71 Å². The van der Waals surface area contributed by atoms with Crippen LogP contribution in [0.3, 0.4) is 0 Å². The highest BCUT2D eigenvalue weighted by atomic mass is 14.9. The lowest BCUT2D eigenvalue weighted by Crippen LogP contribution is -2.09. The second kappa shape index (κ2) is 2.07. The van der Waals surface area contributed by atoms with Crippen molar-refractivity contribution in [3.05, 3.63) is 0 Å². The molecular formula is C6H10N2. The average molecular weight is 110 g/mol. The minimum atomic E-state index is 0.451. The van der Waals surface area contributed by atoms with Crippen LogP contribution in [-0.4, -0.2) is 18.1 Å². The van der Waals surface area contributed by atoms with Gasteiger partial charge in [-0.2, -0.15) is 0 Å². The molecule has 0 saturated carbocycles. The van der Waals surface area contributed by atoms with Gasteiger partial charge >= 0.3 is 0 Å². The predicted molar refractivity (Wildman–Crippen MR) is 35.7 cm³/mol. The van der Waals surface area contributed by atoms with Gasteiger partial charge in [0.25, 0.3) is 0 Å². The molecule has 0 aromatic rings. The van der Waals surface area contributed by atoms with Crippen LogP contribution in [0.2, 0.25) is 0 Å². The molecule has 1 atom stereocenters. The molecule has 1 unspecified atom stereocenters. The fourth-order valence-electron chi connectivity index (χ4n) is 0.779. The van der Waals surface area contributed by atoms with Gasteiger partial charge in [0.15, 0.2) is 0 Å². The molecular weight excluding hydrogens is 100 g/mol. The van der Waals surface area contributed by atoms with Crippen molar-refractivity contribution in [2.24, 2.45) is 9.98 Å². The van der Waals surface area contributed by atoms with E-state index in [9.17, 15) is 0 Å². The zero-order valence-corrected chi connectivity index (χ0v) is 5.26. The third-order valence-corrected chi connectivity index (χ3v) is 1.19. The summed E-state index contributed by atoms with van der Waals surface area (Å²) >= 11 is 0. The lowest BCUT2D eigenvalue weighted by atomic mass is 10.2. The van der Waals surface area contributed by atoms with E-state index < -0.39 is 0 Å². The van der Waals surface area contributed by atoms with Gasteiger partial charge in [-0.15, -0.1) is 0 Å². The van der Waals surface area contributed by atoms with E-state index in [-0.39, 0.29) is 0 Å². The van der Waals surface area contributed by atoms with Crippen molar-refractivity contribution in [1.29, 1.82) is 0 Å². The number of aliphatic imine (C=N–C) groups is 2. The SMILES string of the molecule is CC1=NC=NC(C)C1. The molecule has 1 aliphatic heterocycles. The third kappa shape index (κ3) is 1.15. The molecule has 0 fully saturated rings. The molecule has 0 amide bonds. The Morgan fingerprint density at radius 1 is 1.75 bits per heavy atom. The maximum Gasteiger partial charge on any atom is 0.110 e. The normalized spacial score (nSPS) is 27.8. The summed E-state index contributed by atoms with van der Waals surface area (Å²) < 4.78 is 0. The van der Waals surface area contributed by atoms with Crippen molar-refractivity contribution in [1.82, 2.24) is 0 Å². The van der Waals surface area contributed by atoms with Gasteiger partial charge in [-0.1, -0.05) is 0 Å². The maximum absolute atomic E-state index is 4.07. The predicted octanol–water partition coefficient (Wildman–Crippen LogP) is 1.27. The van der Waals surface area contributed by atoms with E-state index in [0.717, 1.165) is 6.42 Å². The molecule has 0 aromatic carbocycles. The minimum absolute atomic E-state index is 0.451. The Bertz CT molecular complexity index is 135. The van der Waals surface area contributed by atoms with Gasteiger partial charge in [0.1, 0.15) is 6.34 Å². The van der Waals surface area contributed by atoms with Gasteiger partial charge in [-0.3, -0.25) is 4.99 Å². The van der Waals surface area contributed by atoms with E-state index in [2.05, 4.69) is 16.9 Å². The van der Waals surface area contributed by atoms with Crippen molar-refractivity contribution in [2.45, 2.75) is 26.3 Å². The smallest absolute Gasteiger partial charge is 0.110 e. The van der Waals surface area contributed by atoms with Gasteiger partial charge in [0.05, 0.1) is 6.04 Å². The topological polar surface area (TPSA) is 24.7 Å². The maximum atomic E-state index is 4.07. The highest BCUT2D eigenvalue weighted by Crippen LogP contribution is 2.01. The Labute approximate surface area is 49.3 Å². The van der Waals surface area contributed by atoms with Gasteiger partial charge < -0.3 is 0 Å². The Morgan fingerprint density at radius 2 is 2.50 bits per heavy atom. The molecule has 0 saturated heterocycles. The van der Waals surface area contributed by atoms with Crippen molar-refractivity contribution in [3.63, 3.8) is 0 Å². The lowest BCUT2D eigenvalue weighted by molar-refractivity contribution is 0.772. The summed E-state index contributed by atoms with van der Waals surface area (Å²) in [5, 5.41) is 0. The lowest BCUT2D eigenvalue weighted by Gasteiger charge is -2.07. The molecule has 2 nitrogen and oxygen atoms in total. The molecule has 1 aliphatic rings. The Kier molecular flexibility index (Phi) is 1.42. The molecule has 2 heteroatoms. The van der Waals surface area contributed by atoms with Crippen molar-refractivity contribution < 1.29 is 0 Å². The van der Waals surface area contributed by atoms with Crippen LogP contribution in [0.15, 0.2) is 9.98 Å². The summed E-state index contributed by atoms with van der Waals surface area (Å²) in [6.07, 6.45) is 2.67. The summed E-state index contributed by atoms with van der Waals surface area (Å²) in [6, 6.07) is 0.451. The van der Waals surface area contributed by atoms with Crippen molar-refractivity contribution in [3.8, 4) is 0 Å². The zero-order chi connectivity index (χ0) is 5.98. The van der Waals surface area contributed by atoms with Crippen LogP contribution in [0, 0.1) is 0 Å². The molecule has 0 aromatic heterocycles. The van der Waals surface area contributed by atoms with Crippen LogP contribution in [0.5, 0.6) is 0 Å². The van der Waals surface area contributed by atoms with Crippen LogP contribution >= 0.6 is 0 Å². The first-order valence-corrected chi connectivity index (χ1v) is 2.84. The van der Waals surface area contributed by atoms with Crippen LogP contribution in [0.4, 0.5) is 0 Å². The zero-order valence-electron chi connectivity index (χ0n) is 5.26. The number of hydrogen-bond acceptors (Lipinski definition) is 2. The van der Waals surface area contributed by atoms with E-state index in [1.54, 1.807) is 6.34 Å². The summed E-state index contributed by atoms with van der Waals surface area (Å²) in [6.45, 7) is 4.12. The molecule has 1 heterocycles. The van der Waals surface area contributed by atoms with Crippen LogP contribution < -0.4 is 0 Å². The fraction of sp³-hybridized carbons (Fsp3) is 0.667. The molecule has 8 heavy (non-hydrogen) atoms. The fourth-order valence-corrected chi connectivity index (χ4v) is 0.779. The van der Waals surface area contributed by atoms with Gasteiger partial charge in [-0.25, -0.2) is 4.99 Å². The van der Waals surface area contributed by atoms with E-state index in [1.807, 2.05) is 6.92 Å². The van der Waals surface area contributed by atoms with Crippen LogP contribution in [0.1, 0.15) is 20.3 Å². The van der Waals surface area contributed by atoms with Gasteiger partial charge in [-0.05, 0) is 13.8 Å². The Morgan fingerprint density at radius 3 is 2.88 bits per heavy atom. The highest BCUT2D eigenvalue weighted by molar-refractivity contribution is 5.90. The molecule has 0 N–H and O–H groups in total. The second-order valence-corrected chi connectivity index (χ2v) is 2.18. The average Bonchev–Trinajstić information content (AvgIpc) is 1.64. The monoisotopic (exact) mass is 110 g/mol. The molecule has 44 valence electrons. The van der Waals surface area contributed by atoms with Crippen molar-refractivity contribution in [2.75, 3.05) is 0 Å². The van der Waals surface area contributed by atoms with Crippen LogP contribution in [0.25, 0.3) is 0 Å². The molecule has 0 spiro atoms. The van der Waals surface area contributed by atoms with Gasteiger partial charge in [0, 0.05) is 12.1 Å². The Hall–Kier alpha value is -0.660. The first-order valence-electron chi connectivity index (χ1n) is 2.84. The summed E-state index contributed by atoms with van der Waals surface area (Å²) in [5.74, 6) is 0. The first-order chi connectivity index (χ1) is 3.79. The quantitative estimate of drug-likeness (QED) is 0.448. The second-order valence-electron chi connectivity index (χ2n) is 2.18. The first kappa shape index (κ1) is 5.48. The number of hydrogen-bond donors (Lipinski definition) is 0. The van der Waals surface area contributed by atoms with Crippen molar-refractivity contribution >= 4 is 12.1 Å². The number of nitrogens with zero attached hydrogens (tertiary/aromatic N) is 2. The van der Waals surface area contributed by atoms with E-state index >= 15 is 0 Å². The van der Waals surface area contributed by atoms with Gasteiger partial charge in [0.2, 0.25) is 0 Å². The summed E-state index contributed by atoms with van der Waals surface area (Å²) in [4.78, 5) is 8.07. The summed E-state index contributed by atoms with van der Waals surface area (Å²) in [5.41, 5.74) is 1.19. The van der Waals surface area contributed by atoms with Crippen LogP contribution in [-0.2, 0) is 0 Å². The third-order valence-electron chi connectivity index (χ3n) is 1.19. The molecule has 1 rings (SSSR count). The highest BCUT2D eigenvalue weighted by Gasteiger charge is 2.02. The standard InChI is InChI=1S/C6H10N2/c1-5-3-6(2)8-4-7-5/h4-5H,3H2,1-2H3. The number of rotatable bonds is 0.